The Kier molecular flexibility index (Phi) is 12.1. The van der Waals surface area contributed by atoms with Crippen LogP contribution in [0.5, 0.6) is 0 Å². The summed E-state index contributed by atoms with van der Waals surface area (Å²) >= 11 is 0. The first-order valence-electron chi connectivity index (χ1n) is 8.73. The second-order valence-corrected chi connectivity index (χ2v) is 6.43. The highest BCUT2D eigenvalue weighted by atomic mass is 16.4. The molecule has 0 saturated heterocycles. The van der Waals surface area contributed by atoms with E-state index >= 15 is 0 Å². The number of aliphatic carboxylic acids is 2. The molecular weight excluding hydrogens is 338 g/mol. The van der Waals surface area contributed by atoms with Crippen LogP contribution in [0.4, 0.5) is 5.69 Å². The van der Waals surface area contributed by atoms with Crippen molar-refractivity contribution in [3.8, 4) is 0 Å². The third-order valence-corrected chi connectivity index (χ3v) is 3.40. The summed E-state index contributed by atoms with van der Waals surface area (Å²) in [5.41, 5.74) is 2.24. The molecule has 0 aliphatic rings. The lowest BCUT2D eigenvalue weighted by Crippen LogP contribution is -2.36. The summed E-state index contributed by atoms with van der Waals surface area (Å²) < 4.78 is 0. The van der Waals surface area contributed by atoms with Crippen LogP contribution in [-0.4, -0.2) is 57.7 Å². The lowest BCUT2D eigenvalue weighted by molar-refractivity contribution is -0.139. The minimum Gasteiger partial charge on any atom is -0.481 e. The van der Waals surface area contributed by atoms with Gasteiger partial charge in [0.2, 0.25) is 0 Å². The van der Waals surface area contributed by atoms with Crippen molar-refractivity contribution in [2.24, 2.45) is 0 Å². The van der Waals surface area contributed by atoms with Crippen LogP contribution >= 0.6 is 0 Å². The summed E-state index contributed by atoms with van der Waals surface area (Å²) in [6.45, 7) is 6.62. The molecule has 1 rings (SSSR count). The molecule has 148 valence electrons. The van der Waals surface area contributed by atoms with Gasteiger partial charge in [0.1, 0.15) is 0 Å². The van der Waals surface area contributed by atoms with Gasteiger partial charge in [0.15, 0.2) is 0 Å². The van der Waals surface area contributed by atoms with Gasteiger partial charge in [0, 0.05) is 31.6 Å². The smallest absolute Gasteiger partial charge is 0.303 e. The first kappa shape index (κ1) is 23.9. The van der Waals surface area contributed by atoms with E-state index in [1.807, 2.05) is 36.1 Å². The SMILES string of the molecule is Cc1ccc(N(CC(C)O)CC(C)O)cc1.O=C(O)CCCCC(=O)O. The Balaban J connectivity index is 0.000000541. The lowest BCUT2D eigenvalue weighted by Gasteiger charge is -2.27. The van der Waals surface area contributed by atoms with E-state index in [-0.39, 0.29) is 12.8 Å². The highest BCUT2D eigenvalue weighted by molar-refractivity contribution is 5.67. The molecule has 0 saturated carbocycles. The molecule has 0 bridgehead atoms. The Labute approximate surface area is 154 Å². The third kappa shape index (κ3) is 13.2. The van der Waals surface area contributed by atoms with Crippen molar-refractivity contribution in [2.45, 2.75) is 58.7 Å². The number of nitrogens with zero attached hydrogens (tertiary/aromatic N) is 1. The molecule has 0 aliphatic heterocycles. The average Bonchev–Trinajstić information content (AvgIpc) is 2.51. The van der Waals surface area contributed by atoms with Crippen LogP contribution in [0.15, 0.2) is 24.3 Å². The highest BCUT2D eigenvalue weighted by Crippen LogP contribution is 2.15. The Bertz CT molecular complexity index is 501. The van der Waals surface area contributed by atoms with E-state index in [0.717, 1.165) is 5.69 Å². The minimum absolute atomic E-state index is 0.0628. The number of benzene rings is 1. The highest BCUT2D eigenvalue weighted by Gasteiger charge is 2.11. The van der Waals surface area contributed by atoms with Crippen LogP contribution in [0.25, 0.3) is 0 Å². The lowest BCUT2D eigenvalue weighted by atomic mass is 10.2. The molecule has 0 aliphatic carbocycles. The molecule has 0 aromatic heterocycles. The molecule has 0 amide bonds. The fourth-order valence-electron chi connectivity index (χ4n) is 2.23. The number of hydrogen-bond acceptors (Lipinski definition) is 5. The van der Waals surface area contributed by atoms with Gasteiger partial charge in [0.05, 0.1) is 12.2 Å². The van der Waals surface area contributed by atoms with Gasteiger partial charge in [-0.2, -0.15) is 0 Å². The van der Waals surface area contributed by atoms with Gasteiger partial charge >= 0.3 is 11.9 Å². The van der Waals surface area contributed by atoms with Crippen molar-refractivity contribution in [3.05, 3.63) is 29.8 Å². The fourth-order valence-corrected chi connectivity index (χ4v) is 2.23. The van der Waals surface area contributed by atoms with Crippen molar-refractivity contribution in [1.29, 1.82) is 0 Å². The van der Waals surface area contributed by atoms with Crippen molar-refractivity contribution in [2.75, 3.05) is 18.0 Å². The van der Waals surface area contributed by atoms with E-state index in [1.165, 1.54) is 5.56 Å². The number of hydrogen-bond donors (Lipinski definition) is 4. The maximum Gasteiger partial charge on any atom is 0.303 e. The number of rotatable bonds is 10. The standard InChI is InChI=1S/C13H21NO2.C6H10O4/c1-10-4-6-13(7-5-10)14(8-11(2)15)9-12(3)16;7-5(8)3-1-2-4-6(9)10/h4-7,11-12,15-16H,8-9H2,1-3H3;1-4H2,(H,7,8)(H,9,10). The fraction of sp³-hybridized carbons (Fsp3) is 0.579. The van der Waals surface area contributed by atoms with E-state index in [2.05, 4.69) is 0 Å². The predicted molar refractivity (Wildman–Crippen MR) is 100 cm³/mol. The van der Waals surface area contributed by atoms with E-state index in [4.69, 9.17) is 10.2 Å². The van der Waals surface area contributed by atoms with E-state index < -0.39 is 24.1 Å². The van der Waals surface area contributed by atoms with Gasteiger partial charge in [-0.25, -0.2) is 0 Å². The molecule has 2 unspecified atom stereocenters. The first-order chi connectivity index (χ1) is 12.1. The van der Waals surface area contributed by atoms with E-state index in [9.17, 15) is 19.8 Å². The third-order valence-electron chi connectivity index (χ3n) is 3.40. The van der Waals surface area contributed by atoms with Crippen LogP contribution in [-0.2, 0) is 9.59 Å². The monoisotopic (exact) mass is 369 g/mol. The molecule has 4 N–H and O–H groups in total. The summed E-state index contributed by atoms with van der Waals surface area (Å²) in [5, 5.41) is 35.1. The van der Waals surface area contributed by atoms with Crippen molar-refractivity contribution in [1.82, 2.24) is 0 Å². The largest absolute Gasteiger partial charge is 0.481 e. The minimum atomic E-state index is -0.870. The zero-order chi connectivity index (χ0) is 20.1. The number of carboxylic acids is 2. The summed E-state index contributed by atoms with van der Waals surface area (Å²) in [4.78, 5) is 21.8. The normalized spacial score (nSPS) is 12.5. The van der Waals surface area contributed by atoms with Crippen molar-refractivity contribution in [3.63, 3.8) is 0 Å². The number of aliphatic hydroxyl groups is 2. The molecule has 7 heteroatoms. The number of carbonyl (C=O) groups is 2. The number of anilines is 1. The molecule has 1 aromatic carbocycles. The van der Waals surface area contributed by atoms with Crippen LogP contribution in [0.2, 0.25) is 0 Å². The van der Waals surface area contributed by atoms with Crippen LogP contribution in [0.1, 0.15) is 45.1 Å². The topological polar surface area (TPSA) is 118 Å². The Morgan fingerprint density at radius 2 is 1.27 bits per heavy atom. The van der Waals surface area contributed by atoms with Crippen LogP contribution in [0.3, 0.4) is 0 Å². The number of carboxylic acid groups (broad SMARTS) is 2. The summed E-state index contributed by atoms with van der Waals surface area (Å²) in [6.07, 6.45) is 0.212. The summed E-state index contributed by atoms with van der Waals surface area (Å²) in [5.74, 6) is -1.74. The summed E-state index contributed by atoms with van der Waals surface area (Å²) in [6, 6.07) is 8.10. The van der Waals surface area contributed by atoms with Gasteiger partial charge in [0.25, 0.3) is 0 Å². The molecule has 0 fully saturated rings. The zero-order valence-corrected chi connectivity index (χ0v) is 15.8. The number of aliphatic hydroxyl groups excluding tert-OH is 2. The predicted octanol–water partition coefficient (Wildman–Crippen LogP) is 2.28. The van der Waals surface area contributed by atoms with E-state index in [0.29, 0.717) is 25.9 Å². The molecule has 2 atom stereocenters. The number of aryl methyl sites for hydroxylation is 1. The van der Waals surface area contributed by atoms with Crippen molar-refractivity contribution < 1.29 is 30.0 Å². The quantitative estimate of drug-likeness (QED) is 0.467. The van der Waals surface area contributed by atoms with Crippen LogP contribution in [0, 0.1) is 6.92 Å². The van der Waals surface area contributed by atoms with Crippen LogP contribution < -0.4 is 4.90 Å². The molecule has 7 nitrogen and oxygen atoms in total. The molecule has 0 spiro atoms. The molecule has 1 aromatic rings. The van der Waals surface area contributed by atoms with Gasteiger partial charge in [-0.1, -0.05) is 17.7 Å². The van der Waals surface area contributed by atoms with Gasteiger partial charge < -0.3 is 25.3 Å². The maximum atomic E-state index is 9.90. The molecule has 0 heterocycles. The summed E-state index contributed by atoms with van der Waals surface area (Å²) in [7, 11) is 0. The second kappa shape index (κ2) is 13.1. The van der Waals surface area contributed by atoms with Gasteiger partial charge in [-0.15, -0.1) is 0 Å². The first-order valence-corrected chi connectivity index (χ1v) is 8.73. The number of unbranched alkanes of at least 4 members (excludes halogenated alkanes) is 1. The van der Waals surface area contributed by atoms with Crippen molar-refractivity contribution >= 4 is 17.6 Å². The molecular formula is C19H31NO6. The zero-order valence-electron chi connectivity index (χ0n) is 15.8. The maximum absolute atomic E-state index is 9.90. The second-order valence-electron chi connectivity index (χ2n) is 6.43. The van der Waals surface area contributed by atoms with Gasteiger partial charge in [-0.3, -0.25) is 9.59 Å². The Hall–Kier alpha value is -2.12. The van der Waals surface area contributed by atoms with Gasteiger partial charge in [-0.05, 0) is 45.7 Å². The van der Waals surface area contributed by atoms with E-state index in [1.54, 1.807) is 13.8 Å². The Morgan fingerprint density at radius 1 is 0.885 bits per heavy atom. The molecule has 0 radical (unpaired) electrons. The molecule has 26 heavy (non-hydrogen) atoms. The Morgan fingerprint density at radius 3 is 1.58 bits per heavy atom. The average molecular weight is 369 g/mol.